The van der Waals surface area contributed by atoms with E-state index in [0.29, 0.717) is 11.5 Å². The summed E-state index contributed by atoms with van der Waals surface area (Å²) in [6.45, 7) is 9.82. The molecule has 0 heterocycles. The number of aliphatic hydroxyl groups is 1. The molecule has 0 atom stereocenters. The van der Waals surface area contributed by atoms with Crippen LogP contribution in [0.3, 0.4) is 0 Å². The van der Waals surface area contributed by atoms with Crippen LogP contribution in [0.15, 0.2) is 23.1 Å². The second-order valence-corrected chi connectivity index (χ2v) is 7.08. The van der Waals surface area contributed by atoms with Gasteiger partial charge in [0, 0.05) is 16.2 Å². The molecule has 96 valence electrons. The number of hydrogen-bond acceptors (Lipinski definition) is 3. The molecule has 0 saturated carbocycles. The lowest BCUT2D eigenvalue weighted by molar-refractivity contribution is 0.107. The Morgan fingerprint density at radius 1 is 1.12 bits per heavy atom. The molecule has 2 nitrogen and oxygen atoms in total. The summed E-state index contributed by atoms with van der Waals surface area (Å²) in [5.74, 6) is 0.978. The first-order valence-electron chi connectivity index (χ1n) is 5.78. The van der Waals surface area contributed by atoms with Gasteiger partial charge in [-0.25, -0.2) is 0 Å². The zero-order valence-electron chi connectivity index (χ0n) is 11.2. The number of benzene rings is 1. The van der Waals surface area contributed by atoms with Gasteiger partial charge in [0.05, 0.1) is 5.60 Å². The molecule has 0 amide bonds. The summed E-state index contributed by atoms with van der Waals surface area (Å²) in [4.78, 5) is 1.08. The quantitative estimate of drug-likeness (QED) is 0.810. The Morgan fingerprint density at radius 3 is 2.18 bits per heavy atom. The van der Waals surface area contributed by atoms with Gasteiger partial charge in [-0.2, -0.15) is 0 Å². The number of phenolic OH excluding ortho intramolecular Hbond substituents is 1. The van der Waals surface area contributed by atoms with Gasteiger partial charge < -0.3 is 10.2 Å². The average molecular weight is 254 g/mol. The van der Waals surface area contributed by atoms with Crippen molar-refractivity contribution in [3.05, 3.63) is 23.8 Å². The molecule has 0 aliphatic heterocycles. The molecule has 2 N–H and O–H groups in total. The van der Waals surface area contributed by atoms with Gasteiger partial charge in [0.1, 0.15) is 5.75 Å². The molecule has 0 bridgehead atoms. The monoisotopic (exact) mass is 254 g/mol. The highest BCUT2D eigenvalue weighted by molar-refractivity contribution is 7.99. The average Bonchev–Trinajstić information content (AvgIpc) is 2.13. The molecular formula is C14H22O2S. The van der Waals surface area contributed by atoms with Crippen molar-refractivity contribution >= 4 is 11.8 Å². The molecule has 1 aromatic rings. The lowest BCUT2D eigenvalue weighted by Gasteiger charge is -2.22. The van der Waals surface area contributed by atoms with Gasteiger partial charge in [0.25, 0.3) is 0 Å². The van der Waals surface area contributed by atoms with Crippen LogP contribution in [-0.2, 0) is 5.41 Å². The standard InChI is InChI=1S/C14H22O2S/c1-13(2,3)11-8-10(6-7-12(11)15)17-9-14(4,5)16/h6-8,15-16H,9H2,1-5H3. The third-order valence-electron chi connectivity index (χ3n) is 2.37. The highest BCUT2D eigenvalue weighted by Gasteiger charge is 2.19. The molecule has 0 saturated heterocycles. The van der Waals surface area contributed by atoms with Crippen LogP contribution < -0.4 is 0 Å². The third-order valence-corrected chi connectivity index (χ3v) is 3.81. The van der Waals surface area contributed by atoms with Gasteiger partial charge in [0.15, 0.2) is 0 Å². The molecule has 1 aromatic carbocycles. The first kappa shape index (κ1) is 14.4. The minimum absolute atomic E-state index is 0.0740. The van der Waals surface area contributed by atoms with E-state index in [9.17, 15) is 10.2 Å². The molecule has 1 rings (SSSR count). The van der Waals surface area contributed by atoms with Gasteiger partial charge in [-0.15, -0.1) is 11.8 Å². The van der Waals surface area contributed by atoms with Crippen LogP contribution in [0.25, 0.3) is 0 Å². The zero-order chi connectivity index (χ0) is 13.3. The Morgan fingerprint density at radius 2 is 1.71 bits per heavy atom. The van der Waals surface area contributed by atoms with Crippen LogP contribution in [0.2, 0.25) is 0 Å². The van der Waals surface area contributed by atoms with Crippen molar-refractivity contribution < 1.29 is 10.2 Å². The minimum Gasteiger partial charge on any atom is -0.508 e. The number of hydrogen-bond donors (Lipinski definition) is 2. The summed E-state index contributed by atoms with van der Waals surface area (Å²) >= 11 is 1.61. The van der Waals surface area contributed by atoms with Crippen LogP contribution in [0.5, 0.6) is 5.75 Å². The summed E-state index contributed by atoms with van der Waals surface area (Å²) in [6.07, 6.45) is 0. The van der Waals surface area contributed by atoms with Crippen LogP contribution in [0, 0.1) is 0 Å². The minimum atomic E-state index is -0.676. The van der Waals surface area contributed by atoms with Crippen molar-refractivity contribution in [3.63, 3.8) is 0 Å². The van der Waals surface area contributed by atoms with Crippen LogP contribution in [0.4, 0.5) is 0 Å². The lowest BCUT2D eigenvalue weighted by atomic mass is 9.86. The Bertz CT molecular complexity index is 386. The predicted octanol–water partition coefficient (Wildman–Crippen LogP) is 3.55. The summed E-state index contributed by atoms with van der Waals surface area (Å²) in [6, 6.07) is 5.63. The molecule has 0 fully saturated rings. The summed E-state index contributed by atoms with van der Waals surface area (Å²) in [7, 11) is 0. The van der Waals surface area contributed by atoms with E-state index in [4.69, 9.17) is 0 Å². The molecule has 0 radical (unpaired) electrons. The SMILES string of the molecule is CC(C)(O)CSc1ccc(O)c(C(C)(C)C)c1. The molecule has 0 unspecified atom stereocenters. The van der Waals surface area contributed by atoms with Crippen molar-refractivity contribution in [2.24, 2.45) is 0 Å². The van der Waals surface area contributed by atoms with Crippen LogP contribution >= 0.6 is 11.8 Å². The molecule has 3 heteroatoms. The van der Waals surface area contributed by atoms with Gasteiger partial charge in [-0.05, 0) is 37.5 Å². The van der Waals surface area contributed by atoms with E-state index in [-0.39, 0.29) is 5.41 Å². The molecule has 0 aliphatic rings. The van der Waals surface area contributed by atoms with Gasteiger partial charge in [-0.3, -0.25) is 0 Å². The van der Waals surface area contributed by atoms with E-state index >= 15 is 0 Å². The van der Waals surface area contributed by atoms with Crippen molar-refractivity contribution in [1.82, 2.24) is 0 Å². The van der Waals surface area contributed by atoms with Crippen LogP contribution in [-0.4, -0.2) is 21.6 Å². The molecule has 0 aromatic heterocycles. The van der Waals surface area contributed by atoms with Crippen molar-refractivity contribution in [2.45, 2.75) is 50.5 Å². The van der Waals surface area contributed by atoms with E-state index in [1.807, 2.05) is 12.1 Å². The maximum Gasteiger partial charge on any atom is 0.119 e. The van der Waals surface area contributed by atoms with Crippen molar-refractivity contribution in [2.75, 3.05) is 5.75 Å². The topological polar surface area (TPSA) is 40.5 Å². The number of rotatable bonds is 3. The number of thioether (sulfide) groups is 1. The zero-order valence-corrected chi connectivity index (χ0v) is 12.1. The Hall–Kier alpha value is -0.670. The molecule has 0 aliphatic carbocycles. The van der Waals surface area contributed by atoms with Crippen molar-refractivity contribution in [3.8, 4) is 5.75 Å². The Kier molecular flexibility index (Phi) is 4.15. The third kappa shape index (κ3) is 4.60. The Labute approximate surface area is 108 Å². The fourth-order valence-electron chi connectivity index (χ4n) is 1.47. The first-order valence-corrected chi connectivity index (χ1v) is 6.77. The fourth-order valence-corrected chi connectivity index (χ4v) is 2.35. The highest BCUT2D eigenvalue weighted by atomic mass is 32.2. The van der Waals surface area contributed by atoms with Crippen LogP contribution in [0.1, 0.15) is 40.2 Å². The Balaban J connectivity index is 2.90. The fraction of sp³-hybridized carbons (Fsp3) is 0.571. The number of aromatic hydroxyl groups is 1. The maximum atomic E-state index is 9.84. The summed E-state index contributed by atoms with van der Waals surface area (Å²) in [5, 5.41) is 19.5. The van der Waals surface area contributed by atoms with E-state index in [1.165, 1.54) is 0 Å². The van der Waals surface area contributed by atoms with E-state index < -0.39 is 5.60 Å². The first-order chi connectivity index (χ1) is 7.59. The summed E-state index contributed by atoms with van der Waals surface area (Å²) in [5.41, 5.74) is 0.193. The maximum absolute atomic E-state index is 9.84. The molecule has 17 heavy (non-hydrogen) atoms. The summed E-state index contributed by atoms with van der Waals surface area (Å²) < 4.78 is 0. The van der Waals surface area contributed by atoms with Gasteiger partial charge in [0.2, 0.25) is 0 Å². The second-order valence-electron chi connectivity index (χ2n) is 6.03. The molecular weight excluding hydrogens is 232 g/mol. The highest BCUT2D eigenvalue weighted by Crippen LogP contribution is 2.34. The van der Waals surface area contributed by atoms with E-state index in [2.05, 4.69) is 20.8 Å². The van der Waals surface area contributed by atoms with E-state index in [1.54, 1.807) is 31.7 Å². The lowest BCUT2D eigenvalue weighted by Crippen LogP contribution is -2.21. The van der Waals surface area contributed by atoms with Crippen molar-refractivity contribution in [1.29, 1.82) is 0 Å². The molecule has 0 spiro atoms. The van der Waals surface area contributed by atoms with Gasteiger partial charge in [-0.1, -0.05) is 20.8 Å². The second kappa shape index (κ2) is 4.91. The predicted molar refractivity (Wildman–Crippen MR) is 73.8 cm³/mol. The smallest absolute Gasteiger partial charge is 0.119 e. The largest absolute Gasteiger partial charge is 0.508 e. The van der Waals surface area contributed by atoms with E-state index in [0.717, 1.165) is 10.5 Å². The number of phenols is 1. The normalized spacial score (nSPS) is 12.8. The van der Waals surface area contributed by atoms with Gasteiger partial charge >= 0.3 is 0 Å².